The molecule has 198 valence electrons. The Hall–Kier alpha value is -4.86. The van der Waals surface area contributed by atoms with Crippen LogP contribution in [-0.2, 0) is 6.18 Å². The zero-order valence-corrected chi connectivity index (χ0v) is 21.2. The zero-order chi connectivity index (χ0) is 27.6. The second kappa shape index (κ2) is 10.5. The zero-order valence-electron chi connectivity index (χ0n) is 21.2. The Morgan fingerprint density at radius 1 is 0.615 bits per heavy atom. The van der Waals surface area contributed by atoms with Gasteiger partial charge in [0.2, 0.25) is 0 Å². The summed E-state index contributed by atoms with van der Waals surface area (Å²) in [4.78, 5) is 8.40. The van der Waals surface area contributed by atoms with Gasteiger partial charge in [0, 0.05) is 16.7 Å². The Kier molecular flexibility index (Phi) is 6.93. The first kappa shape index (κ1) is 25.8. The van der Waals surface area contributed by atoms with Gasteiger partial charge in [0.1, 0.15) is 17.2 Å². The minimum Gasteiger partial charge on any atom is -0.497 e. The average Bonchev–Trinajstić information content (AvgIpc) is 3.42. The second-order valence-electron chi connectivity index (χ2n) is 8.46. The van der Waals surface area contributed by atoms with Crippen LogP contribution in [0.4, 0.5) is 13.2 Å². The van der Waals surface area contributed by atoms with Crippen LogP contribution in [0.25, 0.3) is 39.7 Å². The number of halogens is 3. The van der Waals surface area contributed by atoms with Crippen molar-refractivity contribution >= 4 is 0 Å². The van der Waals surface area contributed by atoms with Crippen LogP contribution in [0.15, 0.2) is 84.9 Å². The van der Waals surface area contributed by atoms with Crippen LogP contribution in [-0.4, -0.2) is 41.1 Å². The summed E-state index contributed by atoms with van der Waals surface area (Å²) in [5.41, 5.74) is 1.74. The highest BCUT2D eigenvalue weighted by Crippen LogP contribution is 2.35. The number of methoxy groups -OCH3 is 3. The second-order valence-corrected chi connectivity index (χ2v) is 8.46. The van der Waals surface area contributed by atoms with Crippen molar-refractivity contribution in [3.63, 3.8) is 0 Å². The first-order chi connectivity index (χ1) is 18.8. The van der Waals surface area contributed by atoms with Gasteiger partial charge >= 0.3 is 6.18 Å². The van der Waals surface area contributed by atoms with E-state index in [1.54, 1.807) is 73.8 Å². The predicted octanol–water partition coefficient (Wildman–Crippen LogP) is 6.71. The normalized spacial score (nSPS) is 11.3. The summed E-state index contributed by atoms with van der Waals surface area (Å²) in [5.74, 6) is 1.43. The molecule has 0 spiro atoms. The van der Waals surface area contributed by atoms with E-state index in [0.29, 0.717) is 45.3 Å². The van der Waals surface area contributed by atoms with Crippen molar-refractivity contribution in [1.29, 1.82) is 0 Å². The highest BCUT2D eigenvalue weighted by Gasteiger charge is 2.34. The summed E-state index contributed by atoms with van der Waals surface area (Å²) < 4.78 is 59.3. The molecular formula is C29H23F3N4O3. The van der Waals surface area contributed by atoms with Crippen LogP contribution in [0.2, 0.25) is 0 Å². The van der Waals surface area contributed by atoms with Crippen molar-refractivity contribution < 1.29 is 27.4 Å². The van der Waals surface area contributed by atoms with Crippen molar-refractivity contribution in [2.24, 2.45) is 0 Å². The number of rotatable bonds is 7. The predicted molar refractivity (Wildman–Crippen MR) is 140 cm³/mol. The van der Waals surface area contributed by atoms with E-state index in [9.17, 15) is 13.2 Å². The van der Waals surface area contributed by atoms with Gasteiger partial charge in [-0.1, -0.05) is 36.4 Å². The Bertz CT molecular complexity index is 1630. The maximum Gasteiger partial charge on any atom is 0.433 e. The van der Waals surface area contributed by atoms with Gasteiger partial charge in [-0.3, -0.25) is 0 Å². The minimum absolute atomic E-state index is 0.0706. The van der Waals surface area contributed by atoms with E-state index in [1.165, 1.54) is 18.9 Å². The molecule has 0 N–H and O–H groups in total. The van der Waals surface area contributed by atoms with Gasteiger partial charge in [-0.05, 0) is 48.5 Å². The fourth-order valence-electron chi connectivity index (χ4n) is 4.05. The topological polar surface area (TPSA) is 71.3 Å². The number of hydrogen-bond donors (Lipinski definition) is 0. The fourth-order valence-corrected chi connectivity index (χ4v) is 4.05. The number of alkyl halides is 3. The molecule has 7 nitrogen and oxygen atoms in total. The average molecular weight is 533 g/mol. The summed E-state index contributed by atoms with van der Waals surface area (Å²) in [6, 6.07) is 23.7. The molecule has 5 aromatic rings. The third-order valence-electron chi connectivity index (χ3n) is 6.00. The monoisotopic (exact) mass is 532 g/mol. The lowest BCUT2D eigenvalue weighted by atomic mass is 10.1. The molecule has 2 heterocycles. The lowest BCUT2D eigenvalue weighted by molar-refractivity contribution is -0.141. The van der Waals surface area contributed by atoms with Crippen LogP contribution in [0.1, 0.15) is 5.69 Å². The minimum atomic E-state index is -4.72. The lowest BCUT2D eigenvalue weighted by Crippen LogP contribution is -2.14. The van der Waals surface area contributed by atoms with E-state index in [1.807, 2.05) is 12.1 Å². The molecule has 0 aliphatic heterocycles. The molecule has 0 unspecified atom stereocenters. The van der Waals surface area contributed by atoms with Gasteiger partial charge in [-0.15, -0.1) is 0 Å². The molecule has 0 saturated heterocycles. The van der Waals surface area contributed by atoms with E-state index in [-0.39, 0.29) is 11.6 Å². The molecular weight excluding hydrogens is 509 g/mol. The maximum atomic E-state index is 14.0. The maximum absolute atomic E-state index is 14.0. The Morgan fingerprint density at radius 2 is 1.13 bits per heavy atom. The first-order valence-corrected chi connectivity index (χ1v) is 11.8. The van der Waals surface area contributed by atoms with E-state index >= 15 is 0 Å². The number of hydrogen-bond acceptors (Lipinski definition) is 6. The largest absolute Gasteiger partial charge is 0.497 e. The molecule has 0 aliphatic rings. The van der Waals surface area contributed by atoms with Crippen molar-refractivity contribution in [3.05, 3.63) is 90.6 Å². The number of aromatic nitrogens is 4. The van der Waals surface area contributed by atoms with E-state index in [4.69, 9.17) is 14.2 Å². The summed E-state index contributed by atoms with van der Waals surface area (Å²) in [7, 11) is 4.57. The van der Waals surface area contributed by atoms with Crippen molar-refractivity contribution in [2.75, 3.05) is 21.3 Å². The van der Waals surface area contributed by atoms with Gasteiger partial charge in [-0.25, -0.2) is 9.97 Å². The third-order valence-corrected chi connectivity index (χ3v) is 6.00. The van der Waals surface area contributed by atoms with Crippen molar-refractivity contribution in [1.82, 2.24) is 19.7 Å². The third kappa shape index (κ3) is 5.40. The SMILES string of the molecule is COc1cccc(-c2cc(C(F)(F)F)nc(-n3nc(-c4cccc(OC)c4)cc3-c3cccc(OC)c3)n2)c1. The molecule has 3 aromatic carbocycles. The number of benzene rings is 3. The molecule has 5 rings (SSSR count). The van der Waals surface area contributed by atoms with Crippen LogP contribution in [0.3, 0.4) is 0 Å². The first-order valence-electron chi connectivity index (χ1n) is 11.8. The molecule has 0 fully saturated rings. The van der Waals surface area contributed by atoms with Crippen molar-refractivity contribution in [2.45, 2.75) is 6.18 Å². The highest BCUT2D eigenvalue weighted by atomic mass is 19.4. The van der Waals surface area contributed by atoms with Crippen molar-refractivity contribution in [3.8, 4) is 57.0 Å². The van der Waals surface area contributed by atoms with Crippen LogP contribution in [0, 0.1) is 0 Å². The molecule has 10 heteroatoms. The Labute approximate surface area is 222 Å². The molecule has 2 aromatic heterocycles. The molecule has 0 saturated carbocycles. The molecule has 39 heavy (non-hydrogen) atoms. The highest BCUT2D eigenvalue weighted by molar-refractivity contribution is 5.72. The Morgan fingerprint density at radius 3 is 1.67 bits per heavy atom. The summed E-state index contributed by atoms with van der Waals surface area (Å²) in [5, 5.41) is 4.65. The van der Waals surface area contributed by atoms with Crippen LogP contribution in [0.5, 0.6) is 17.2 Å². The molecule has 0 bridgehead atoms. The Balaban J connectivity index is 1.76. The summed E-state index contributed by atoms with van der Waals surface area (Å²) in [6.45, 7) is 0. The van der Waals surface area contributed by atoms with E-state index < -0.39 is 11.9 Å². The number of nitrogens with zero attached hydrogens (tertiary/aromatic N) is 4. The smallest absolute Gasteiger partial charge is 0.433 e. The van der Waals surface area contributed by atoms with Crippen LogP contribution < -0.4 is 14.2 Å². The summed E-state index contributed by atoms with van der Waals surface area (Å²) in [6.07, 6.45) is -4.72. The van der Waals surface area contributed by atoms with E-state index in [0.717, 1.165) is 6.07 Å². The van der Waals surface area contributed by atoms with Gasteiger partial charge in [-0.2, -0.15) is 23.0 Å². The van der Waals surface area contributed by atoms with Gasteiger partial charge in [0.15, 0.2) is 5.69 Å². The van der Waals surface area contributed by atoms with E-state index in [2.05, 4.69) is 15.1 Å². The summed E-state index contributed by atoms with van der Waals surface area (Å²) >= 11 is 0. The molecule has 0 amide bonds. The number of ether oxygens (including phenoxy) is 3. The van der Waals surface area contributed by atoms with Gasteiger partial charge in [0.25, 0.3) is 5.95 Å². The fraction of sp³-hybridized carbons (Fsp3) is 0.138. The molecule has 0 aliphatic carbocycles. The van der Waals surface area contributed by atoms with Gasteiger partial charge in [0.05, 0.1) is 38.4 Å². The van der Waals surface area contributed by atoms with Crippen LogP contribution >= 0.6 is 0 Å². The quantitative estimate of drug-likeness (QED) is 0.232. The molecule has 0 atom stereocenters. The lowest BCUT2D eigenvalue weighted by Gasteiger charge is -2.13. The molecule has 0 radical (unpaired) electrons. The van der Waals surface area contributed by atoms with Gasteiger partial charge < -0.3 is 14.2 Å². The standard InChI is InChI=1S/C29H23F3N4O3/c1-37-21-10-4-7-18(13-21)24-17-27(29(30,31)32)34-28(33-24)36-26(20-9-6-12-23(15-20)39-3)16-25(35-36)19-8-5-11-22(14-19)38-2/h4-17H,1-3H3.